The zero-order valence-corrected chi connectivity index (χ0v) is 10.5. The lowest BCUT2D eigenvalue weighted by Gasteiger charge is -2.01. The number of hydrogen-bond acceptors (Lipinski definition) is 2. The third-order valence-corrected chi connectivity index (χ3v) is 4.27. The van der Waals surface area contributed by atoms with E-state index in [9.17, 15) is 0 Å². The molecule has 82 valence electrons. The molecule has 0 amide bonds. The van der Waals surface area contributed by atoms with Gasteiger partial charge in [0.25, 0.3) is 0 Å². The predicted molar refractivity (Wildman–Crippen MR) is 69.0 cm³/mol. The summed E-state index contributed by atoms with van der Waals surface area (Å²) < 4.78 is 0. The lowest BCUT2D eigenvalue weighted by molar-refractivity contribution is 1.13. The summed E-state index contributed by atoms with van der Waals surface area (Å²) in [5, 5.41) is 0. The molecule has 0 aromatic carbocycles. The van der Waals surface area contributed by atoms with E-state index in [1.165, 1.54) is 23.3 Å². The van der Waals surface area contributed by atoms with E-state index in [-0.39, 0.29) is 0 Å². The normalized spacial score (nSPS) is 15.4. The van der Waals surface area contributed by atoms with Crippen LogP contribution in [0.1, 0.15) is 35.0 Å². The fourth-order valence-corrected chi connectivity index (χ4v) is 3.24. The molecule has 0 radical (unpaired) electrons. The van der Waals surface area contributed by atoms with Crippen LogP contribution in [0.15, 0.2) is 24.3 Å². The van der Waals surface area contributed by atoms with Crippen molar-refractivity contribution in [1.29, 1.82) is 0 Å². The maximum atomic E-state index is 4.42. The number of hydrogen-bond donors (Lipinski definition) is 0. The Morgan fingerprint density at radius 2 is 1.81 bits per heavy atom. The van der Waals surface area contributed by atoms with Crippen molar-refractivity contribution < 1.29 is 0 Å². The summed E-state index contributed by atoms with van der Waals surface area (Å²) in [5.74, 6) is 0.864. The van der Waals surface area contributed by atoms with Crippen LogP contribution in [-0.2, 0) is 0 Å². The highest BCUT2D eigenvalue weighted by Crippen LogP contribution is 2.45. The summed E-state index contributed by atoms with van der Waals surface area (Å²) in [6.45, 7) is 4.12. The van der Waals surface area contributed by atoms with Gasteiger partial charge >= 0.3 is 0 Å². The summed E-state index contributed by atoms with van der Waals surface area (Å²) in [6, 6.07) is 8.90. The van der Waals surface area contributed by atoms with Gasteiger partial charge in [-0.25, -0.2) is 0 Å². The van der Waals surface area contributed by atoms with E-state index >= 15 is 0 Å². The predicted octanol–water partition coefficient (Wildman–Crippen LogP) is 4.30. The van der Waals surface area contributed by atoms with Crippen molar-refractivity contribution in [2.75, 3.05) is 0 Å². The first-order valence-corrected chi connectivity index (χ1v) is 6.59. The zero-order chi connectivity index (χ0) is 11.1. The van der Waals surface area contributed by atoms with Crippen molar-refractivity contribution in [3.63, 3.8) is 0 Å². The molecule has 1 nitrogen and oxygen atoms in total. The third-order valence-electron chi connectivity index (χ3n) is 2.97. The minimum absolute atomic E-state index is 0.864. The van der Waals surface area contributed by atoms with E-state index in [1.807, 2.05) is 11.3 Å². The fourth-order valence-electron chi connectivity index (χ4n) is 2.07. The molecule has 0 spiro atoms. The average molecular weight is 229 g/mol. The number of nitrogens with zero attached hydrogens (tertiary/aromatic N) is 1. The summed E-state index contributed by atoms with van der Waals surface area (Å²) in [4.78, 5) is 7.36. The van der Waals surface area contributed by atoms with Gasteiger partial charge in [-0.15, -0.1) is 11.3 Å². The Labute approximate surface area is 100 Å². The van der Waals surface area contributed by atoms with Crippen molar-refractivity contribution in [2.24, 2.45) is 0 Å². The average Bonchev–Trinajstić information content (AvgIpc) is 2.95. The molecule has 0 N–H and O–H groups in total. The lowest BCUT2D eigenvalue weighted by Crippen LogP contribution is -1.86. The molecule has 2 heterocycles. The Hall–Kier alpha value is -1.15. The molecule has 1 aliphatic carbocycles. The minimum atomic E-state index is 0.864. The molecule has 0 saturated heterocycles. The number of thiophene rings is 1. The van der Waals surface area contributed by atoms with E-state index in [2.05, 4.69) is 43.1 Å². The van der Waals surface area contributed by atoms with Gasteiger partial charge in [0.05, 0.1) is 0 Å². The molecule has 0 bridgehead atoms. The summed E-state index contributed by atoms with van der Waals surface area (Å²) in [7, 11) is 0. The highest BCUT2D eigenvalue weighted by atomic mass is 32.1. The van der Waals surface area contributed by atoms with Crippen LogP contribution < -0.4 is 0 Å². The molecule has 1 fully saturated rings. The minimum Gasteiger partial charge on any atom is -0.258 e. The monoisotopic (exact) mass is 229 g/mol. The molecular formula is C14H15NS. The van der Waals surface area contributed by atoms with E-state index in [4.69, 9.17) is 0 Å². The molecule has 3 rings (SSSR count). The Balaban J connectivity index is 2.00. The molecule has 1 aliphatic rings. The number of aryl methyl sites for hydroxylation is 2. The smallest absolute Gasteiger partial charge is 0.0382 e. The molecule has 0 aliphatic heterocycles. The van der Waals surface area contributed by atoms with Crippen LogP contribution in [0.25, 0.3) is 10.4 Å². The van der Waals surface area contributed by atoms with Gasteiger partial charge in [0.2, 0.25) is 0 Å². The largest absolute Gasteiger partial charge is 0.258 e. The van der Waals surface area contributed by atoms with Crippen LogP contribution in [0.4, 0.5) is 0 Å². The highest BCUT2D eigenvalue weighted by Gasteiger charge is 2.25. The first-order chi connectivity index (χ1) is 7.72. The van der Waals surface area contributed by atoms with Gasteiger partial charge in [-0.05, 0) is 62.4 Å². The van der Waals surface area contributed by atoms with E-state index < -0.39 is 0 Å². The second kappa shape index (κ2) is 3.70. The second-order valence-electron chi connectivity index (χ2n) is 4.61. The Morgan fingerprint density at radius 1 is 1.12 bits per heavy atom. The van der Waals surface area contributed by atoms with Gasteiger partial charge in [0, 0.05) is 21.1 Å². The van der Waals surface area contributed by atoms with Gasteiger partial charge in [0.1, 0.15) is 0 Å². The number of rotatable bonds is 2. The maximum Gasteiger partial charge on any atom is 0.0382 e. The highest BCUT2D eigenvalue weighted by molar-refractivity contribution is 7.15. The van der Waals surface area contributed by atoms with Crippen LogP contribution in [0.2, 0.25) is 0 Å². The first-order valence-electron chi connectivity index (χ1n) is 5.78. The van der Waals surface area contributed by atoms with E-state index in [1.54, 1.807) is 4.88 Å². The molecular weight excluding hydrogens is 214 g/mol. The van der Waals surface area contributed by atoms with Crippen molar-refractivity contribution in [1.82, 2.24) is 4.98 Å². The Kier molecular flexibility index (Phi) is 2.32. The summed E-state index contributed by atoms with van der Waals surface area (Å²) in [5.41, 5.74) is 3.54. The molecule has 2 aromatic rings. The van der Waals surface area contributed by atoms with Gasteiger partial charge < -0.3 is 0 Å². The topological polar surface area (TPSA) is 12.9 Å². The first kappa shape index (κ1) is 10.0. The molecule has 0 atom stereocenters. The molecule has 2 heteroatoms. The third kappa shape index (κ3) is 1.90. The zero-order valence-electron chi connectivity index (χ0n) is 9.66. The van der Waals surface area contributed by atoms with Gasteiger partial charge in [0.15, 0.2) is 0 Å². The maximum absolute atomic E-state index is 4.42. The van der Waals surface area contributed by atoms with Crippen LogP contribution in [0, 0.1) is 13.8 Å². The quantitative estimate of drug-likeness (QED) is 0.748. The van der Waals surface area contributed by atoms with Crippen LogP contribution in [0.5, 0.6) is 0 Å². The summed E-state index contributed by atoms with van der Waals surface area (Å²) in [6.07, 6.45) is 2.77. The fraction of sp³-hybridized carbons (Fsp3) is 0.357. The van der Waals surface area contributed by atoms with Crippen molar-refractivity contribution in [3.05, 3.63) is 40.5 Å². The van der Waals surface area contributed by atoms with Crippen LogP contribution in [-0.4, -0.2) is 4.98 Å². The SMILES string of the molecule is Cc1cc(-c2ccc(C3CC3)s2)cc(C)n1. The van der Waals surface area contributed by atoms with E-state index in [0.717, 1.165) is 17.3 Å². The van der Waals surface area contributed by atoms with Gasteiger partial charge in [-0.1, -0.05) is 0 Å². The molecule has 16 heavy (non-hydrogen) atoms. The van der Waals surface area contributed by atoms with Crippen molar-refractivity contribution >= 4 is 11.3 Å². The molecule has 1 saturated carbocycles. The van der Waals surface area contributed by atoms with Crippen molar-refractivity contribution in [3.8, 4) is 10.4 Å². The number of pyridine rings is 1. The van der Waals surface area contributed by atoms with E-state index in [0.29, 0.717) is 0 Å². The second-order valence-corrected chi connectivity index (χ2v) is 5.73. The lowest BCUT2D eigenvalue weighted by atomic mass is 10.1. The standard InChI is InChI=1S/C14H15NS/c1-9-7-12(8-10(2)15-9)14-6-5-13(16-14)11-3-4-11/h5-8,11H,3-4H2,1-2H3. The van der Waals surface area contributed by atoms with Gasteiger partial charge in [-0.2, -0.15) is 0 Å². The summed E-state index contributed by atoms with van der Waals surface area (Å²) >= 11 is 1.95. The Morgan fingerprint density at radius 3 is 2.44 bits per heavy atom. The van der Waals surface area contributed by atoms with Crippen molar-refractivity contribution in [2.45, 2.75) is 32.6 Å². The van der Waals surface area contributed by atoms with Gasteiger partial charge in [-0.3, -0.25) is 4.98 Å². The molecule has 0 unspecified atom stereocenters. The van der Waals surface area contributed by atoms with Crippen LogP contribution >= 0.6 is 11.3 Å². The molecule has 2 aromatic heterocycles. The number of aromatic nitrogens is 1. The van der Waals surface area contributed by atoms with Crippen LogP contribution in [0.3, 0.4) is 0 Å². The Bertz CT molecular complexity index is 503.